The summed E-state index contributed by atoms with van der Waals surface area (Å²) in [5, 5.41) is 19.6. The summed E-state index contributed by atoms with van der Waals surface area (Å²) in [4.78, 5) is 3.19. The predicted octanol–water partition coefficient (Wildman–Crippen LogP) is 10.3. The molecule has 0 radical (unpaired) electrons. The molecule has 4 nitrogen and oxygen atoms in total. The fourth-order valence-corrected chi connectivity index (χ4v) is 22.9. The molecule has 5 heteroatoms. The van der Waals surface area contributed by atoms with Gasteiger partial charge in [0.05, 0.1) is 0 Å². The number of fused-ring (bicyclic) bond motifs is 6. The van der Waals surface area contributed by atoms with E-state index in [1.165, 1.54) is 64.2 Å². The Bertz CT molecular complexity index is 1520. The first-order valence-electron chi connectivity index (χ1n) is 25.0. The molecule has 0 aromatic rings. The summed E-state index contributed by atoms with van der Waals surface area (Å²) >= 11 is 0. The number of likely N-dealkylation sites (N-methyl/N-ethyl adjacent to an activating group) is 1. The van der Waals surface area contributed by atoms with Crippen LogP contribution in [0.2, 0.25) is 0 Å². The van der Waals surface area contributed by atoms with E-state index >= 15 is 0 Å². The maximum absolute atomic E-state index is 6.59. The summed E-state index contributed by atoms with van der Waals surface area (Å²) in [5.74, 6) is 19.1. The van der Waals surface area contributed by atoms with Gasteiger partial charge in [0.1, 0.15) is 0 Å². The molecule has 5 aliphatic heterocycles. The van der Waals surface area contributed by atoms with Crippen molar-refractivity contribution < 1.29 is 19.5 Å². The Morgan fingerprint density at radius 1 is 0.352 bits per heavy atom. The zero-order valence-electron chi connectivity index (χ0n) is 33.8. The van der Waals surface area contributed by atoms with Crippen molar-refractivity contribution in [3.05, 3.63) is 16.0 Å². The number of piperidine rings is 4. The molecule has 15 rings (SSSR count). The second kappa shape index (κ2) is 12.1. The average molecular weight is 782 g/mol. The fourth-order valence-electron chi connectivity index (χ4n) is 22.9. The average Bonchev–Trinajstić information content (AvgIpc) is 3.20. The summed E-state index contributed by atoms with van der Waals surface area (Å²) in [6.45, 7) is 0. The minimum absolute atomic E-state index is 0. The van der Waals surface area contributed by atoms with Crippen LogP contribution in [0.3, 0.4) is 0 Å². The monoisotopic (exact) mass is 779 g/mol. The van der Waals surface area contributed by atoms with Gasteiger partial charge in [0.15, 0.2) is 0 Å². The number of rotatable bonds is 0. The van der Waals surface area contributed by atoms with Crippen molar-refractivity contribution in [2.45, 2.75) is 177 Å². The van der Waals surface area contributed by atoms with E-state index in [4.69, 9.17) is 16.0 Å². The van der Waals surface area contributed by atoms with E-state index in [1.807, 2.05) is 0 Å². The number of nitrogens with zero attached hydrogens (tertiary/aromatic N) is 4. The van der Waals surface area contributed by atoms with Crippen molar-refractivity contribution in [1.82, 2.24) is 4.90 Å². The molecular formula is C49H71N4Zn-3. The van der Waals surface area contributed by atoms with E-state index in [9.17, 15) is 0 Å². The Labute approximate surface area is 340 Å². The molecule has 28 atom stereocenters. The third kappa shape index (κ3) is 4.17. The van der Waals surface area contributed by atoms with Gasteiger partial charge in [-0.05, 0) is 172 Å². The third-order valence-corrected chi connectivity index (χ3v) is 23.7. The minimum Gasteiger partial charge on any atom is -0.658 e. The molecule has 15 aliphatic rings. The van der Waals surface area contributed by atoms with Gasteiger partial charge in [-0.3, -0.25) is 0 Å². The van der Waals surface area contributed by atoms with Crippen molar-refractivity contribution in [3.63, 3.8) is 0 Å². The van der Waals surface area contributed by atoms with Gasteiger partial charge in [-0.2, -0.15) is 0 Å². The fraction of sp³-hybridized carbons (Fsp3) is 1.00. The van der Waals surface area contributed by atoms with Crippen LogP contribution in [0, 0.1) is 118 Å². The molecule has 292 valence electrons. The molecule has 0 aromatic heterocycles. The molecule has 10 aliphatic carbocycles. The van der Waals surface area contributed by atoms with Gasteiger partial charge in [0.25, 0.3) is 0 Å². The Hall–Kier alpha value is 0.463. The topological polar surface area (TPSA) is 45.5 Å². The minimum atomic E-state index is 0. The number of hydrogen-bond acceptors (Lipinski definition) is 1. The second-order valence-corrected chi connectivity index (χ2v) is 24.2. The van der Waals surface area contributed by atoms with Crippen LogP contribution in [0.15, 0.2) is 0 Å². The first kappa shape index (κ1) is 34.2. The molecule has 8 bridgehead atoms. The van der Waals surface area contributed by atoms with Crippen molar-refractivity contribution in [1.29, 1.82) is 0 Å². The zero-order chi connectivity index (χ0) is 34.0. The van der Waals surface area contributed by atoms with Crippen LogP contribution in [0.4, 0.5) is 0 Å². The van der Waals surface area contributed by atoms with Gasteiger partial charge in [0, 0.05) is 25.5 Å². The van der Waals surface area contributed by atoms with Crippen LogP contribution in [-0.2, 0) is 19.5 Å². The SMILES string of the molecule is CN1[C@@H]2[C@@H]3CC[C@H]1[C@H]1CC[C@H]4CC[C@H]5C[C@H]6CCC[C@@H]7C6C6C5C4[C@H]1[N-][C@@H]6[C@@H]1[N-][C@@H](CC[C@@H]17)[C@H]1CC[C@H]4CC[C@H]5C[C@H]6CCC[C@@H]3C6C3C5C4[C@H]1[N-][C@@H]32.[Zn]. The van der Waals surface area contributed by atoms with Crippen LogP contribution in [0.1, 0.15) is 128 Å². The molecule has 5 saturated heterocycles. The van der Waals surface area contributed by atoms with Crippen molar-refractivity contribution >= 4 is 0 Å². The first-order chi connectivity index (χ1) is 26.2. The maximum Gasteiger partial charge on any atom is 0.0109 e. The Kier molecular flexibility index (Phi) is 7.64. The Balaban J connectivity index is 0.00000299. The van der Waals surface area contributed by atoms with Crippen LogP contribution in [0.5, 0.6) is 0 Å². The molecule has 0 spiro atoms. The van der Waals surface area contributed by atoms with Crippen LogP contribution in [0.25, 0.3) is 16.0 Å². The van der Waals surface area contributed by atoms with E-state index in [0.717, 1.165) is 130 Å². The van der Waals surface area contributed by atoms with Crippen molar-refractivity contribution in [3.8, 4) is 0 Å². The summed E-state index contributed by atoms with van der Waals surface area (Å²) < 4.78 is 0. The van der Waals surface area contributed by atoms with E-state index < -0.39 is 0 Å². The van der Waals surface area contributed by atoms with E-state index in [2.05, 4.69) is 11.9 Å². The van der Waals surface area contributed by atoms with Crippen molar-refractivity contribution in [2.75, 3.05) is 7.05 Å². The van der Waals surface area contributed by atoms with Gasteiger partial charge < -0.3 is 20.9 Å². The molecule has 0 aromatic carbocycles. The van der Waals surface area contributed by atoms with Crippen LogP contribution in [-0.4, -0.2) is 60.3 Å². The number of hydrogen-bond donors (Lipinski definition) is 0. The summed E-state index contributed by atoms with van der Waals surface area (Å²) in [5.41, 5.74) is 0. The smallest absolute Gasteiger partial charge is 0.0109 e. The standard InChI is InChI=1S/C49H71N4.Zn/c1-53-35-19-17-31-29-7-3-5-25-21-27-11-8-22-12-14-32(44-40(22)39(27)43(37(25)29)48(52-44)49(31)53)34-18-16-30-28-6-2-4-24-20-26-10-9-23-13-15-33(35)45-41(23)38(26)42(36(24)28)47(51-45)46(30)50-34;/h22-49H,2-21H2,1H3;/q-3;/t22-,23-,24-,25-,26+,27+,28+,29+,30-,31-,32-,33-,34+,35+,36?,37?,38?,39?,40?,41?,42?,43?,44+,45+,46-,47+,48+,49-;/m1./s1. The van der Waals surface area contributed by atoms with Gasteiger partial charge in [0.2, 0.25) is 0 Å². The Morgan fingerprint density at radius 3 is 1.61 bits per heavy atom. The molecule has 8 unspecified atom stereocenters. The third-order valence-electron chi connectivity index (χ3n) is 23.7. The maximum atomic E-state index is 6.59. The summed E-state index contributed by atoms with van der Waals surface area (Å²) in [6.07, 6.45) is 30.7. The van der Waals surface area contributed by atoms with E-state index in [0.29, 0.717) is 36.3 Å². The zero-order valence-corrected chi connectivity index (χ0v) is 36.8. The first-order valence-corrected chi connectivity index (χ1v) is 25.0. The molecule has 0 N–H and O–H groups in total. The predicted molar refractivity (Wildman–Crippen MR) is 210 cm³/mol. The van der Waals surface area contributed by atoms with Gasteiger partial charge in [-0.25, -0.2) is 0 Å². The van der Waals surface area contributed by atoms with Crippen LogP contribution >= 0.6 is 0 Å². The van der Waals surface area contributed by atoms with Crippen LogP contribution < -0.4 is 0 Å². The second-order valence-electron chi connectivity index (χ2n) is 24.2. The normalized spacial score (nSPS) is 67.3. The van der Waals surface area contributed by atoms with E-state index in [-0.39, 0.29) is 19.5 Å². The van der Waals surface area contributed by atoms with Gasteiger partial charge in [-0.15, -0.1) is 36.3 Å². The van der Waals surface area contributed by atoms with Gasteiger partial charge in [-0.1, -0.05) is 87.4 Å². The molecular weight excluding hydrogens is 710 g/mol. The van der Waals surface area contributed by atoms with Crippen molar-refractivity contribution in [2.24, 2.45) is 118 Å². The quantitative estimate of drug-likeness (QED) is 0.226. The summed E-state index contributed by atoms with van der Waals surface area (Å²) in [7, 11) is 2.72. The largest absolute Gasteiger partial charge is 0.658 e. The van der Waals surface area contributed by atoms with Gasteiger partial charge >= 0.3 is 0 Å². The molecule has 5 heterocycles. The van der Waals surface area contributed by atoms with E-state index in [1.54, 1.807) is 64.2 Å². The molecule has 0 amide bonds. The molecule has 15 fully saturated rings. The Morgan fingerprint density at radius 2 is 0.889 bits per heavy atom. The molecule has 54 heavy (non-hydrogen) atoms. The molecule has 10 saturated carbocycles. The summed E-state index contributed by atoms with van der Waals surface area (Å²) in [6, 6.07) is 5.11.